The number of para-hydroxylation sites is 1. The van der Waals surface area contributed by atoms with Gasteiger partial charge in [-0.1, -0.05) is 48.5 Å². The number of rotatable bonds is 3. The van der Waals surface area contributed by atoms with Gasteiger partial charge in [0.25, 0.3) is 0 Å². The molecule has 4 rings (SSSR count). The third-order valence-corrected chi connectivity index (χ3v) is 5.31. The van der Waals surface area contributed by atoms with E-state index >= 15 is 0 Å². The normalized spacial score (nSPS) is 16.2. The van der Waals surface area contributed by atoms with Gasteiger partial charge < -0.3 is 4.90 Å². The largest absolute Gasteiger partial charge is 0.306 e. The van der Waals surface area contributed by atoms with Crippen LogP contribution < -0.4 is 0 Å². The van der Waals surface area contributed by atoms with Gasteiger partial charge >= 0.3 is 0 Å². The fourth-order valence-electron chi connectivity index (χ4n) is 3.87. The van der Waals surface area contributed by atoms with Gasteiger partial charge in [-0.3, -0.25) is 0 Å². The second kappa shape index (κ2) is 6.85. The van der Waals surface area contributed by atoms with Crippen molar-refractivity contribution in [3.05, 3.63) is 71.9 Å². The second-order valence-electron chi connectivity index (χ2n) is 7.05. The number of likely N-dealkylation sites (tertiary alicyclic amines) is 1. The molecule has 128 valence electrons. The maximum atomic E-state index is 5.10. The molecule has 3 heteroatoms. The lowest BCUT2D eigenvalue weighted by molar-refractivity contribution is 0.253. The third-order valence-electron chi connectivity index (χ3n) is 5.31. The van der Waals surface area contributed by atoms with Gasteiger partial charge in [-0.05, 0) is 57.6 Å². The Labute approximate surface area is 149 Å². The van der Waals surface area contributed by atoms with E-state index in [1.54, 1.807) is 0 Å². The molecule has 25 heavy (non-hydrogen) atoms. The van der Waals surface area contributed by atoms with Crippen LogP contribution in [-0.4, -0.2) is 34.8 Å². The summed E-state index contributed by atoms with van der Waals surface area (Å²) >= 11 is 0. The summed E-state index contributed by atoms with van der Waals surface area (Å²) in [5.41, 5.74) is 6.18. The van der Waals surface area contributed by atoms with E-state index in [1.807, 2.05) is 0 Å². The van der Waals surface area contributed by atoms with E-state index in [1.165, 1.54) is 35.4 Å². The predicted molar refractivity (Wildman–Crippen MR) is 103 cm³/mol. The van der Waals surface area contributed by atoms with Crippen molar-refractivity contribution < 1.29 is 0 Å². The molecular weight excluding hydrogens is 306 g/mol. The highest BCUT2D eigenvalue weighted by atomic mass is 15.3. The summed E-state index contributed by atoms with van der Waals surface area (Å²) in [5.74, 6) is 0.559. The summed E-state index contributed by atoms with van der Waals surface area (Å²) in [6.07, 6.45) is 2.38. The lowest BCUT2D eigenvalue weighted by atomic mass is 9.90. The van der Waals surface area contributed by atoms with E-state index in [2.05, 4.69) is 84.2 Å². The van der Waals surface area contributed by atoms with Crippen molar-refractivity contribution in [1.29, 1.82) is 0 Å². The SMILES string of the molecule is Cc1c(C2CCN(C)CC2)nn(-c2ccccc2)c1-c1ccccc1. The Bertz CT molecular complexity index is 828. The highest BCUT2D eigenvalue weighted by molar-refractivity contribution is 5.67. The molecule has 2 aromatic carbocycles. The Morgan fingerprint density at radius 1 is 0.880 bits per heavy atom. The zero-order chi connectivity index (χ0) is 17.2. The third kappa shape index (κ3) is 3.12. The highest BCUT2D eigenvalue weighted by Crippen LogP contribution is 2.35. The lowest BCUT2D eigenvalue weighted by Gasteiger charge is -2.28. The first-order valence-corrected chi connectivity index (χ1v) is 9.13. The standard InChI is InChI=1S/C22H25N3/c1-17-21(18-13-15-24(2)16-14-18)23-25(20-11-7-4-8-12-20)22(17)19-9-5-3-6-10-19/h3-12,18H,13-16H2,1-2H3. The van der Waals surface area contributed by atoms with E-state index in [4.69, 9.17) is 5.10 Å². The van der Waals surface area contributed by atoms with Gasteiger partial charge in [-0.25, -0.2) is 4.68 Å². The zero-order valence-corrected chi connectivity index (χ0v) is 15.0. The van der Waals surface area contributed by atoms with Crippen LogP contribution in [0.4, 0.5) is 0 Å². The molecular formula is C22H25N3. The van der Waals surface area contributed by atoms with Gasteiger partial charge in [-0.2, -0.15) is 5.10 Å². The van der Waals surface area contributed by atoms with E-state index in [0.29, 0.717) is 5.92 Å². The molecule has 0 bridgehead atoms. The molecule has 0 saturated carbocycles. The molecule has 0 radical (unpaired) electrons. The fraction of sp³-hybridized carbons (Fsp3) is 0.318. The first-order chi connectivity index (χ1) is 12.2. The van der Waals surface area contributed by atoms with Crippen LogP contribution in [0.25, 0.3) is 16.9 Å². The minimum absolute atomic E-state index is 0.559. The van der Waals surface area contributed by atoms with E-state index in [-0.39, 0.29) is 0 Å². The predicted octanol–water partition coefficient (Wildman–Crippen LogP) is 4.66. The fourth-order valence-corrected chi connectivity index (χ4v) is 3.87. The summed E-state index contributed by atoms with van der Waals surface area (Å²) in [4.78, 5) is 2.41. The molecule has 1 saturated heterocycles. The maximum Gasteiger partial charge on any atom is 0.0773 e. The van der Waals surface area contributed by atoms with Gasteiger partial charge in [0.2, 0.25) is 0 Å². The molecule has 1 aromatic heterocycles. The summed E-state index contributed by atoms with van der Waals surface area (Å²) in [7, 11) is 2.21. The number of hydrogen-bond acceptors (Lipinski definition) is 2. The van der Waals surface area contributed by atoms with Gasteiger partial charge in [0, 0.05) is 11.5 Å². The van der Waals surface area contributed by atoms with Crippen molar-refractivity contribution in [3.8, 4) is 16.9 Å². The first-order valence-electron chi connectivity index (χ1n) is 9.13. The van der Waals surface area contributed by atoms with Crippen LogP contribution in [-0.2, 0) is 0 Å². The molecule has 0 spiro atoms. The highest BCUT2D eigenvalue weighted by Gasteiger charge is 2.26. The molecule has 3 aromatic rings. The van der Waals surface area contributed by atoms with Crippen LogP contribution in [0, 0.1) is 6.92 Å². The molecule has 1 aliphatic rings. The lowest BCUT2D eigenvalue weighted by Crippen LogP contribution is -2.29. The smallest absolute Gasteiger partial charge is 0.0773 e. The molecule has 2 heterocycles. The van der Waals surface area contributed by atoms with Crippen LogP contribution in [0.15, 0.2) is 60.7 Å². The molecule has 0 N–H and O–H groups in total. The van der Waals surface area contributed by atoms with Crippen LogP contribution >= 0.6 is 0 Å². The molecule has 0 unspecified atom stereocenters. The van der Waals surface area contributed by atoms with Crippen LogP contribution in [0.5, 0.6) is 0 Å². The summed E-state index contributed by atoms with van der Waals surface area (Å²) in [5, 5.41) is 5.10. The number of hydrogen-bond donors (Lipinski definition) is 0. The molecule has 3 nitrogen and oxygen atoms in total. The minimum Gasteiger partial charge on any atom is -0.306 e. The summed E-state index contributed by atoms with van der Waals surface area (Å²) in [6, 6.07) is 21.1. The Hall–Kier alpha value is -2.39. The Balaban J connectivity index is 1.84. The van der Waals surface area contributed by atoms with Gasteiger partial charge in [0.1, 0.15) is 0 Å². The van der Waals surface area contributed by atoms with Gasteiger partial charge in [0.15, 0.2) is 0 Å². The van der Waals surface area contributed by atoms with E-state index in [0.717, 1.165) is 18.8 Å². The molecule has 0 aliphatic carbocycles. The first kappa shape index (κ1) is 16.1. The Morgan fingerprint density at radius 2 is 1.48 bits per heavy atom. The molecule has 1 fully saturated rings. The van der Waals surface area contributed by atoms with Crippen molar-refractivity contribution in [2.24, 2.45) is 0 Å². The Kier molecular flexibility index (Phi) is 4.41. The van der Waals surface area contributed by atoms with Crippen LogP contribution in [0.3, 0.4) is 0 Å². The van der Waals surface area contributed by atoms with E-state index < -0.39 is 0 Å². The van der Waals surface area contributed by atoms with Crippen molar-refractivity contribution in [1.82, 2.24) is 14.7 Å². The summed E-state index contributed by atoms with van der Waals surface area (Å²) < 4.78 is 2.14. The van der Waals surface area contributed by atoms with Crippen molar-refractivity contribution in [2.75, 3.05) is 20.1 Å². The minimum atomic E-state index is 0.559. The van der Waals surface area contributed by atoms with Crippen molar-refractivity contribution in [2.45, 2.75) is 25.7 Å². The van der Waals surface area contributed by atoms with Crippen molar-refractivity contribution in [3.63, 3.8) is 0 Å². The molecule has 0 amide bonds. The topological polar surface area (TPSA) is 21.1 Å². The van der Waals surface area contributed by atoms with Gasteiger partial charge in [-0.15, -0.1) is 0 Å². The average Bonchev–Trinajstić information content (AvgIpc) is 3.01. The van der Waals surface area contributed by atoms with Gasteiger partial charge in [0.05, 0.1) is 17.1 Å². The maximum absolute atomic E-state index is 5.10. The number of nitrogens with zero attached hydrogens (tertiary/aromatic N) is 3. The number of piperidine rings is 1. The second-order valence-corrected chi connectivity index (χ2v) is 7.05. The number of benzene rings is 2. The Morgan fingerprint density at radius 3 is 2.12 bits per heavy atom. The van der Waals surface area contributed by atoms with Crippen LogP contribution in [0.1, 0.15) is 30.0 Å². The number of aromatic nitrogens is 2. The van der Waals surface area contributed by atoms with Crippen LogP contribution in [0.2, 0.25) is 0 Å². The molecule has 1 aliphatic heterocycles. The quantitative estimate of drug-likeness (QED) is 0.696. The monoisotopic (exact) mass is 331 g/mol. The van der Waals surface area contributed by atoms with E-state index in [9.17, 15) is 0 Å². The van der Waals surface area contributed by atoms with Crippen molar-refractivity contribution >= 4 is 0 Å². The summed E-state index contributed by atoms with van der Waals surface area (Å²) in [6.45, 7) is 4.55. The zero-order valence-electron chi connectivity index (χ0n) is 15.0. The molecule has 0 atom stereocenters. The average molecular weight is 331 g/mol.